The first-order valence-electron chi connectivity index (χ1n) is 7.18. The molecule has 0 radical (unpaired) electrons. The van der Waals surface area contributed by atoms with Crippen molar-refractivity contribution < 1.29 is 40.2 Å². The van der Waals surface area contributed by atoms with Crippen molar-refractivity contribution in [2.45, 2.75) is 27.1 Å². The molecule has 10 nitrogen and oxygen atoms in total. The predicted octanol–water partition coefficient (Wildman–Crippen LogP) is 0.572. The molecule has 0 atom stereocenters. The van der Waals surface area contributed by atoms with Gasteiger partial charge in [-0.25, -0.2) is 9.59 Å². The zero-order valence-corrected chi connectivity index (χ0v) is 14.0. The number of rotatable bonds is 4. The molecule has 0 saturated heterocycles. The second kappa shape index (κ2) is 8.74. The van der Waals surface area contributed by atoms with Gasteiger partial charge in [0.1, 0.15) is 11.1 Å². The van der Waals surface area contributed by atoms with Gasteiger partial charge in [-0.05, 0) is 13.8 Å². The van der Waals surface area contributed by atoms with E-state index < -0.39 is 25.2 Å². The van der Waals surface area contributed by atoms with E-state index in [4.69, 9.17) is 20.4 Å². The van der Waals surface area contributed by atoms with Crippen LogP contribution in [0, 0.1) is 13.8 Å². The zero-order chi connectivity index (χ0) is 20.0. The van der Waals surface area contributed by atoms with Crippen molar-refractivity contribution >= 4 is 11.9 Å². The van der Waals surface area contributed by atoms with Crippen LogP contribution in [0.2, 0.25) is 0 Å². The fraction of sp³-hybridized carbons (Fsp3) is 0.250. The first-order valence-corrected chi connectivity index (χ1v) is 7.18. The highest BCUT2D eigenvalue weighted by molar-refractivity contribution is 5.93. The lowest BCUT2D eigenvalue weighted by molar-refractivity contribution is 0.0678. The first kappa shape index (κ1) is 20.8. The van der Waals surface area contributed by atoms with Gasteiger partial charge in [-0.15, -0.1) is 0 Å². The van der Waals surface area contributed by atoms with Crippen LogP contribution >= 0.6 is 0 Å². The van der Waals surface area contributed by atoms with Crippen LogP contribution in [0.4, 0.5) is 0 Å². The second-order valence-corrected chi connectivity index (χ2v) is 5.11. The fourth-order valence-electron chi connectivity index (χ4n) is 1.98. The van der Waals surface area contributed by atoms with Gasteiger partial charge in [0, 0.05) is 23.5 Å². The van der Waals surface area contributed by atoms with Crippen molar-refractivity contribution in [2.24, 2.45) is 0 Å². The Morgan fingerprint density at radius 2 is 1.12 bits per heavy atom. The molecule has 0 bridgehead atoms. The summed E-state index contributed by atoms with van der Waals surface area (Å²) in [5.74, 6) is -3.32. The lowest BCUT2D eigenvalue weighted by Gasteiger charge is -2.06. The van der Waals surface area contributed by atoms with Crippen LogP contribution in [-0.2, 0) is 13.2 Å². The van der Waals surface area contributed by atoms with Crippen LogP contribution < -0.4 is 0 Å². The summed E-state index contributed by atoms with van der Waals surface area (Å²) in [6.45, 7) is 2.07. The van der Waals surface area contributed by atoms with E-state index in [1.165, 1.54) is 26.2 Å². The average Bonchev–Trinajstić information content (AvgIpc) is 2.59. The Balaban J connectivity index is 0.000000260. The van der Waals surface area contributed by atoms with Gasteiger partial charge in [-0.1, -0.05) is 0 Å². The number of hydrogen-bond donors (Lipinski definition) is 6. The van der Waals surface area contributed by atoms with Gasteiger partial charge in [0.25, 0.3) is 0 Å². The molecular weight excluding hydrogens is 348 g/mol. The smallest absolute Gasteiger partial charge is 0.339 e. The van der Waals surface area contributed by atoms with Gasteiger partial charge in [-0.2, -0.15) is 0 Å². The second-order valence-electron chi connectivity index (χ2n) is 5.11. The van der Waals surface area contributed by atoms with E-state index in [0.717, 1.165) is 0 Å². The van der Waals surface area contributed by atoms with Crippen molar-refractivity contribution in [1.29, 1.82) is 0 Å². The summed E-state index contributed by atoms with van der Waals surface area (Å²) in [5, 5.41) is 53.6. The van der Waals surface area contributed by atoms with E-state index in [2.05, 4.69) is 9.97 Å². The molecule has 2 heterocycles. The van der Waals surface area contributed by atoms with Gasteiger partial charge in [0.2, 0.25) is 0 Å². The summed E-state index contributed by atoms with van der Waals surface area (Å²) in [5.41, 5.74) is 0.111. The van der Waals surface area contributed by atoms with Crippen molar-refractivity contribution in [2.75, 3.05) is 0 Å². The third kappa shape index (κ3) is 4.43. The lowest BCUT2D eigenvalue weighted by atomic mass is 10.1. The summed E-state index contributed by atoms with van der Waals surface area (Å²) in [7, 11) is 0. The number of carboxylic acids is 2. The summed E-state index contributed by atoms with van der Waals surface area (Å²) < 4.78 is 0. The Bertz CT molecular complexity index is 766. The minimum Gasteiger partial charge on any atom is -0.505 e. The number of aryl methyl sites for hydroxylation is 2. The molecule has 2 aromatic rings. The summed E-state index contributed by atoms with van der Waals surface area (Å²) >= 11 is 0. The monoisotopic (exact) mass is 366 g/mol. The number of aromatic hydroxyl groups is 2. The Morgan fingerprint density at radius 1 is 0.808 bits per heavy atom. The van der Waals surface area contributed by atoms with Crippen LogP contribution in [0.15, 0.2) is 12.4 Å². The molecule has 2 aromatic heterocycles. The molecule has 2 rings (SSSR count). The van der Waals surface area contributed by atoms with E-state index in [9.17, 15) is 19.8 Å². The highest BCUT2D eigenvalue weighted by Gasteiger charge is 2.18. The molecule has 0 spiro atoms. The van der Waals surface area contributed by atoms with Gasteiger partial charge in [0.05, 0.1) is 24.6 Å². The molecule has 0 saturated carbocycles. The fourth-order valence-corrected chi connectivity index (χ4v) is 1.98. The lowest BCUT2D eigenvalue weighted by Crippen LogP contribution is -2.05. The van der Waals surface area contributed by atoms with E-state index in [-0.39, 0.29) is 45.1 Å². The molecule has 26 heavy (non-hydrogen) atoms. The number of pyridine rings is 2. The molecule has 0 fully saturated rings. The SMILES string of the molecule is Cc1ncc(CO)c(C(=O)O)c1O.Cc1ncc(CO)c(C(=O)O)c1O. The normalized spacial score (nSPS) is 10.0. The molecule has 0 amide bonds. The highest BCUT2D eigenvalue weighted by atomic mass is 16.4. The van der Waals surface area contributed by atoms with Gasteiger partial charge in [0.15, 0.2) is 11.5 Å². The quantitative estimate of drug-likeness (QED) is 0.447. The largest absolute Gasteiger partial charge is 0.505 e. The van der Waals surface area contributed by atoms with Gasteiger partial charge < -0.3 is 30.6 Å². The number of carboxylic acid groups (broad SMARTS) is 2. The van der Waals surface area contributed by atoms with Crippen molar-refractivity contribution in [3.63, 3.8) is 0 Å². The molecular formula is C16H18N2O8. The number of aromatic nitrogens is 2. The number of nitrogens with zero attached hydrogens (tertiary/aromatic N) is 2. The topological polar surface area (TPSA) is 181 Å². The number of aliphatic hydroxyl groups excluding tert-OH is 2. The number of aromatic carboxylic acids is 2. The third-order valence-electron chi connectivity index (χ3n) is 3.40. The van der Waals surface area contributed by atoms with Crippen LogP contribution in [0.1, 0.15) is 43.2 Å². The summed E-state index contributed by atoms with van der Waals surface area (Å²) in [6.07, 6.45) is 2.47. The number of aliphatic hydroxyl groups is 2. The Morgan fingerprint density at radius 3 is 1.35 bits per heavy atom. The average molecular weight is 366 g/mol. The maximum atomic E-state index is 10.7. The Hall–Kier alpha value is -3.24. The molecule has 0 aliphatic rings. The van der Waals surface area contributed by atoms with E-state index in [1.807, 2.05) is 0 Å². The van der Waals surface area contributed by atoms with Crippen molar-refractivity contribution in [3.8, 4) is 11.5 Å². The number of hydrogen-bond acceptors (Lipinski definition) is 8. The minimum atomic E-state index is -1.27. The Labute approximate surface area is 147 Å². The maximum Gasteiger partial charge on any atom is 0.339 e. The first-order chi connectivity index (χ1) is 12.1. The summed E-state index contributed by atoms with van der Waals surface area (Å²) in [6, 6.07) is 0. The Kier molecular flexibility index (Phi) is 6.99. The van der Waals surface area contributed by atoms with Gasteiger partial charge >= 0.3 is 11.9 Å². The third-order valence-corrected chi connectivity index (χ3v) is 3.40. The van der Waals surface area contributed by atoms with E-state index in [1.54, 1.807) is 0 Å². The van der Waals surface area contributed by atoms with Crippen LogP contribution in [-0.4, -0.2) is 52.5 Å². The molecule has 10 heteroatoms. The molecule has 0 aliphatic carbocycles. The molecule has 6 N–H and O–H groups in total. The maximum absolute atomic E-state index is 10.7. The zero-order valence-electron chi connectivity index (χ0n) is 14.0. The summed E-state index contributed by atoms with van der Waals surface area (Å²) in [4.78, 5) is 28.7. The molecule has 0 unspecified atom stereocenters. The molecule has 140 valence electrons. The van der Waals surface area contributed by atoms with E-state index >= 15 is 0 Å². The van der Waals surface area contributed by atoms with Gasteiger partial charge in [-0.3, -0.25) is 9.97 Å². The van der Waals surface area contributed by atoms with Crippen LogP contribution in [0.3, 0.4) is 0 Å². The number of carbonyl (C=O) groups is 2. The predicted molar refractivity (Wildman–Crippen MR) is 87.0 cm³/mol. The standard InChI is InChI=1S/2C8H9NO4/c2*1-4-7(11)6(8(12)13)5(3-10)2-9-4/h2*2,10-11H,3H2,1H3,(H,12,13). The highest BCUT2D eigenvalue weighted by Crippen LogP contribution is 2.24. The molecule has 0 aliphatic heterocycles. The van der Waals surface area contributed by atoms with Crippen LogP contribution in [0.25, 0.3) is 0 Å². The van der Waals surface area contributed by atoms with Crippen LogP contribution in [0.5, 0.6) is 11.5 Å². The van der Waals surface area contributed by atoms with E-state index in [0.29, 0.717) is 0 Å². The molecule has 0 aromatic carbocycles. The van der Waals surface area contributed by atoms with Crippen molar-refractivity contribution in [1.82, 2.24) is 9.97 Å². The van der Waals surface area contributed by atoms with Crippen molar-refractivity contribution in [3.05, 3.63) is 46.0 Å². The minimum absolute atomic E-state index is 0.107.